The number of halogens is 3. The van der Waals surface area contributed by atoms with E-state index in [9.17, 15) is 32.9 Å². The lowest BCUT2D eigenvalue weighted by molar-refractivity contribution is -0.384. The zero-order chi connectivity index (χ0) is 21.6. The summed E-state index contributed by atoms with van der Waals surface area (Å²) in [5.74, 6) is -1.42. The average molecular weight is 411 g/mol. The zero-order valence-corrected chi connectivity index (χ0v) is 15.1. The largest absolute Gasteiger partial charge is 0.454 e. The maximum atomic E-state index is 12.7. The van der Waals surface area contributed by atoms with Crippen LogP contribution in [-0.2, 0) is 20.5 Å². The Hall–Kier alpha value is -3.63. The lowest BCUT2D eigenvalue weighted by atomic mass is 10.1. The number of hydrogen-bond donors (Lipinski definition) is 1. The first-order valence-corrected chi connectivity index (χ1v) is 8.16. The van der Waals surface area contributed by atoms with E-state index in [2.05, 4.69) is 5.32 Å². The van der Waals surface area contributed by atoms with Gasteiger partial charge in [0, 0.05) is 18.8 Å². The molecule has 2 aromatic rings. The Bertz CT molecular complexity index is 903. The van der Waals surface area contributed by atoms with Crippen molar-refractivity contribution in [3.63, 3.8) is 0 Å². The number of amides is 1. The van der Waals surface area contributed by atoms with E-state index in [-0.39, 0.29) is 5.69 Å². The van der Waals surface area contributed by atoms with Crippen molar-refractivity contribution < 1.29 is 32.4 Å². The number of rotatable bonds is 7. The quantitative estimate of drug-likeness (QED) is 0.426. The van der Waals surface area contributed by atoms with Gasteiger partial charge in [-0.25, -0.2) is 0 Å². The average Bonchev–Trinajstić information content (AvgIpc) is 2.69. The van der Waals surface area contributed by atoms with E-state index in [4.69, 9.17) is 4.74 Å². The third kappa shape index (κ3) is 5.92. The number of alkyl halides is 3. The van der Waals surface area contributed by atoms with Crippen LogP contribution in [-0.4, -0.2) is 37.0 Å². The fourth-order valence-electron chi connectivity index (χ4n) is 2.26. The van der Waals surface area contributed by atoms with Crippen molar-refractivity contribution >= 4 is 28.9 Å². The highest BCUT2D eigenvalue weighted by Crippen LogP contribution is 2.34. The van der Waals surface area contributed by atoms with Crippen LogP contribution in [0.1, 0.15) is 5.56 Å². The van der Waals surface area contributed by atoms with Gasteiger partial charge >= 0.3 is 12.1 Å². The van der Waals surface area contributed by atoms with E-state index in [1.54, 1.807) is 30.3 Å². The maximum Gasteiger partial charge on any atom is 0.416 e. The molecule has 2 rings (SSSR count). The summed E-state index contributed by atoms with van der Waals surface area (Å²) in [4.78, 5) is 35.1. The van der Waals surface area contributed by atoms with Gasteiger partial charge in [-0.1, -0.05) is 18.2 Å². The molecule has 0 aromatic heterocycles. The number of ether oxygens (including phenoxy) is 1. The van der Waals surface area contributed by atoms with Crippen LogP contribution >= 0.6 is 0 Å². The van der Waals surface area contributed by atoms with E-state index in [0.717, 1.165) is 6.07 Å². The smallest absolute Gasteiger partial charge is 0.416 e. The molecule has 0 bridgehead atoms. The highest BCUT2D eigenvalue weighted by Gasteiger charge is 2.33. The number of likely N-dealkylation sites (N-methyl/N-ethyl adjacent to an activating group) is 1. The molecule has 8 nitrogen and oxygen atoms in total. The summed E-state index contributed by atoms with van der Waals surface area (Å²) in [6.45, 7) is -1.14. The lowest BCUT2D eigenvalue weighted by Crippen LogP contribution is -2.32. The normalized spacial score (nSPS) is 10.9. The van der Waals surface area contributed by atoms with E-state index < -0.39 is 47.4 Å². The van der Waals surface area contributed by atoms with Crippen molar-refractivity contribution in [3.8, 4) is 0 Å². The Morgan fingerprint density at radius 1 is 1.17 bits per heavy atom. The van der Waals surface area contributed by atoms with Crippen molar-refractivity contribution in [1.29, 1.82) is 0 Å². The molecule has 2 aromatic carbocycles. The monoisotopic (exact) mass is 411 g/mol. The number of nitrogens with one attached hydrogen (secondary N) is 1. The number of para-hydroxylation sites is 1. The molecule has 0 saturated heterocycles. The van der Waals surface area contributed by atoms with Gasteiger partial charge in [-0.15, -0.1) is 0 Å². The third-order valence-electron chi connectivity index (χ3n) is 3.82. The molecular formula is C18H16F3N3O5. The molecule has 0 aliphatic carbocycles. The van der Waals surface area contributed by atoms with Crippen molar-refractivity contribution in [1.82, 2.24) is 0 Å². The molecule has 1 amide bonds. The standard InChI is InChI=1S/C18H16F3N3O5/c1-23(13-5-3-2-4-6-13)16(25)11-29-17(26)10-22-14-8-7-12(18(19,20)21)9-15(14)24(27)28/h2-9,22H,10-11H2,1H3. The molecule has 0 atom stereocenters. The Kier molecular flexibility index (Phi) is 6.75. The van der Waals surface area contributed by atoms with Crippen LogP contribution in [0.4, 0.5) is 30.2 Å². The van der Waals surface area contributed by atoms with Gasteiger partial charge in [0.05, 0.1) is 10.5 Å². The summed E-state index contributed by atoms with van der Waals surface area (Å²) in [5, 5.41) is 13.4. The first-order chi connectivity index (χ1) is 13.6. The van der Waals surface area contributed by atoms with Crippen molar-refractivity contribution in [2.45, 2.75) is 6.18 Å². The van der Waals surface area contributed by atoms with Crippen LogP contribution < -0.4 is 10.2 Å². The number of nitro benzene ring substituents is 1. The van der Waals surface area contributed by atoms with Crippen LogP contribution in [0.25, 0.3) is 0 Å². The van der Waals surface area contributed by atoms with E-state index in [1.165, 1.54) is 11.9 Å². The van der Waals surface area contributed by atoms with Crippen LogP contribution in [0, 0.1) is 10.1 Å². The molecule has 0 fully saturated rings. The third-order valence-corrected chi connectivity index (χ3v) is 3.82. The van der Waals surface area contributed by atoms with Gasteiger partial charge < -0.3 is 15.0 Å². The second kappa shape index (κ2) is 9.04. The maximum absolute atomic E-state index is 12.7. The Labute approximate surface area is 163 Å². The number of hydrogen-bond acceptors (Lipinski definition) is 6. The Balaban J connectivity index is 1.93. The second-order valence-electron chi connectivity index (χ2n) is 5.79. The van der Waals surface area contributed by atoms with Gasteiger partial charge in [-0.3, -0.25) is 19.7 Å². The molecule has 1 N–H and O–H groups in total. The first-order valence-electron chi connectivity index (χ1n) is 8.16. The summed E-state index contributed by atoms with van der Waals surface area (Å²) in [5.41, 5.74) is -1.72. The topological polar surface area (TPSA) is 102 Å². The van der Waals surface area contributed by atoms with Gasteiger partial charge in [0.2, 0.25) is 0 Å². The van der Waals surface area contributed by atoms with Crippen LogP contribution in [0.15, 0.2) is 48.5 Å². The second-order valence-corrected chi connectivity index (χ2v) is 5.79. The summed E-state index contributed by atoms with van der Waals surface area (Å²) in [7, 11) is 1.50. The molecule has 154 valence electrons. The molecule has 0 saturated carbocycles. The van der Waals surface area contributed by atoms with E-state index >= 15 is 0 Å². The SMILES string of the molecule is CN(C(=O)COC(=O)CNc1ccc(C(F)(F)F)cc1[N+](=O)[O-])c1ccccc1. The van der Waals surface area contributed by atoms with Crippen molar-refractivity contribution in [3.05, 3.63) is 64.2 Å². The number of nitro groups is 1. The van der Waals surface area contributed by atoms with Gasteiger partial charge in [-0.2, -0.15) is 13.2 Å². The number of nitrogens with zero attached hydrogens (tertiary/aromatic N) is 2. The van der Waals surface area contributed by atoms with Crippen LogP contribution in [0.5, 0.6) is 0 Å². The van der Waals surface area contributed by atoms with Gasteiger partial charge in [0.15, 0.2) is 6.61 Å². The Morgan fingerprint density at radius 3 is 2.41 bits per heavy atom. The minimum absolute atomic E-state index is 0.285. The lowest BCUT2D eigenvalue weighted by Gasteiger charge is -2.17. The van der Waals surface area contributed by atoms with Crippen molar-refractivity contribution in [2.75, 3.05) is 30.4 Å². The highest BCUT2D eigenvalue weighted by molar-refractivity contribution is 5.94. The molecule has 0 heterocycles. The summed E-state index contributed by atoms with van der Waals surface area (Å²) in [6.07, 6.45) is -4.74. The zero-order valence-electron chi connectivity index (χ0n) is 15.1. The van der Waals surface area contributed by atoms with E-state index in [1.807, 2.05) is 0 Å². The molecule has 29 heavy (non-hydrogen) atoms. The fourth-order valence-corrected chi connectivity index (χ4v) is 2.26. The number of carbonyl (C=O) groups excluding carboxylic acids is 2. The summed E-state index contributed by atoms with van der Waals surface area (Å²) >= 11 is 0. The van der Waals surface area contributed by atoms with E-state index in [0.29, 0.717) is 17.8 Å². The number of anilines is 2. The van der Waals surface area contributed by atoms with Gasteiger partial charge in [0.1, 0.15) is 12.2 Å². The Morgan fingerprint density at radius 2 is 1.83 bits per heavy atom. The van der Waals surface area contributed by atoms with Crippen molar-refractivity contribution in [2.24, 2.45) is 0 Å². The van der Waals surface area contributed by atoms with Crippen LogP contribution in [0.2, 0.25) is 0 Å². The van der Waals surface area contributed by atoms with Gasteiger partial charge in [0.25, 0.3) is 11.6 Å². The predicted molar refractivity (Wildman–Crippen MR) is 97.4 cm³/mol. The van der Waals surface area contributed by atoms with Crippen LogP contribution in [0.3, 0.4) is 0 Å². The summed E-state index contributed by atoms with van der Waals surface area (Å²) < 4.78 is 42.9. The number of esters is 1. The minimum Gasteiger partial charge on any atom is -0.454 e. The molecule has 0 unspecified atom stereocenters. The number of carbonyl (C=O) groups is 2. The number of benzene rings is 2. The van der Waals surface area contributed by atoms with Gasteiger partial charge in [-0.05, 0) is 24.3 Å². The molecule has 0 aliphatic rings. The predicted octanol–water partition coefficient (Wildman–Crippen LogP) is 3.23. The first kappa shape index (κ1) is 21.7. The molecule has 0 aliphatic heterocycles. The minimum atomic E-state index is -4.74. The molecule has 0 radical (unpaired) electrons. The highest BCUT2D eigenvalue weighted by atomic mass is 19.4. The molecule has 0 spiro atoms. The fraction of sp³-hybridized carbons (Fsp3) is 0.222. The summed E-state index contributed by atoms with van der Waals surface area (Å²) in [6, 6.07) is 10.5. The molecular weight excluding hydrogens is 395 g/mol. The molecule has 11 heteroatoms.